The zero-order chi connectivity index (χ0) is 16.8. The lowest BCUT2D eigenvalue weighted by molar-refractivity contribution is 0.0600. The van der Waals surface area contributed by atoms with Crippen LogP contribution in [-0.4, -0.2) is 24.7 Å². The van der Waals surface area contributed by atoms with Crippen molar-refractivity contribution in [1.29, 1.82) is 0 Å². The lowest BCUT2D eigenvalue weighted by atomic mass is 10.1. The largest absolute Gasteiger partial charge is 0.465 e. The minimum absolute atomic E-state index is 0.211. The smallest absolute Gasteiger partial charge is 0.339 e. The molecule has 23 heavy (non-hydrogen) atoms. The van der Waals surface area contributed by atoms with Crippen LogP contribution in [0, 0.1) is 0 Å². The summed E-state index contributed by atoms with van der Waals surface area (Å²) in [7, 11) is 1.28. The number of rotatable bonds is 5. The fourth-order valence-electron chi connectivity index (χ4n) is 2.00. The maximum Gasteiger partial charge on any atom is 0.339 e. The van der Waals surface area contributed by atoms with Gasteiger partial charge in [-0.15, -0.1) is 11.8 Å². The zero-order valence-corrected chi connectivity index (χ0v) is 14.3. The van der Waals surface area contributed by atoms with E-state index < -0.39 is 5.97 Å². The van der Waals surface area contributed by atoms with Crippen molar-refractivity contribution in [2.75, 3.05) is 18.2 Å². The molecule has 0 radical (unpaired) electrons. The summed E-state index contributed by atoms with van der Waals surface area (Å²) < 4.78 is 4.67. The second-order valence-corrected chi connectivity index (χ2v) is 6.28. The third kappa shape index (κ3) is 4.27. The number of halogens is 1. The van der Waals surface area contributed by atoms with Crippen LogP contribution < -0.4 is 5.32 Å². The maximum absolute atomic E-state index is 12.5. The first-order valence-corrected chi connectivity index (χ1v) is 8.34. The van der Waals surface area contributed by atoms with Crippen molar-refractivity contribution in [3.8, 4) is 0 Å². The average Bonchev–Trinajstić information content (AvgIpc) is 2.56. The van der Waals surface area contributed by atoms with Crippen LogP contribution in [0.15, 0.2) is 47.4 Å². The van der Waals surface area contributed by atoms with E-state index in [1.165, 1.54) is 13.2 Å². The number of amides is 1. The summed E-state index contributed by atoms with van der Waals surface area (Å²) >= 11 is 7.57. The number of anilines is 1. The van der Waals surface area contributed by atoms with Crippen LogP contribution in [0.3, 0.4) is 0 Å². The summed E-state index contributed by atoms with van der Waals surface area (Å²) in [4.78, 5) is 25.0. The molecule has 0 saturated carbocycles. The van der Waals surface area contributed by atoms with Gasteiger partial charge in [-0.1, -0.05) is 30.7 Å². The van der Waals surface area contributed by atoms with Crippen molar-refractivity contribution in [2.45, 2.75) is 11.8 Å². The SMILES string of the molecule is CCSc1ccccc1C(=O)Nc1ccc(Cl)c(C(=O)OC)c1. The van der Waals surface area contributed by atoms with E-state index in [9.17, 15) is 9.59 Å². The fraction of sp³-hybridized carbons (Fsp3) is 0.176. The van der Waals surface area contributed by atoms with Crippen LogP contribution in [0.5, 0.6) is 0 Å². The number of thioether (sulfide) groups is 1. The monoisotopic (exact) mass is 349 g/mol. The number of esters is 1. The predicted molar refractivity (Wildman–Crippen MR) is 93.6 cm³/mol. The lowest BCUT2D eigenvalue weighted by Gasteiger charge is -2.10. The zero-order valence-electron chi connectivity index (χ0n) is 12.8. The molecule has 6 heteroatoms. The van der Waals surface area contributed by atoms with Gasteiger partial charge in [0.1, 0.15) is 0 Å². The van der Waals surface area contributed by atoms with Crippen molar-refractivity contribution in [3.63, 3.8) is 0 Å². The van der Waals surface area contributed by atoms with Gasteiger partial charge in [-0.25, -0.2) is 4.79 Å². The number of carbonyl (C=O) groups is 2. The fourth-order valence-corrected chi connectivity index (χ4v) is 3.00. The first kappa shape index (κ1) is 17.4. The summed E-state index contributed by atoms with van der Waals surface area (Å²) in [5, 5.41) is 3.06. The molecular formula is C17H16ClNO3S. The van der Waals surface area contributed by atoms with E-state index in [0.29, 0.717) is 11.3 Å². The second kappa shape index (κ2) is 8.04. The molecule has 0 aliphatic rings. The molecule has 1 amide bonds. The standard InChI is InChI=1S/C17H16ClNO3S/c1-3-23-15-7-5-4-6-12(15)16(20)19-11-8-9-14(18)13(10-11)17(21)22-2/h4-10H,3H2,1-2H3,(H,19,20). The topological polar surface area (TPSA) is 55.4 Å². The average molecular weight is 350 g/mol. The predicted octanol–water partition coefficient (Wildman–Crippen LogP) is 4.49. The van der Waals surface area contributed by atoms with Gasteiger partial charge in [-0.2, -0.15) is 0 Å². The quantitative estimate of drug-likeness (QED) is 0.638. The number of ether oxygens (including phenoxy) is 1. The molecule has 2 aromatic rings. The Morgan fingerprint density at radius 3 is 2.61 bits per heavy atom. The van der Waals surface area contributed by atoms with Gasteiger partial charge in [0.25, 0.3) is 5.91 Å². The first-order valence-electron chi connectivity index (χ1n) is 6.97. The van der Waals surface area contributed by atoms with Gasteiger partial charge in [0.2, 0.25) is 0 Å². The number of hydrogen-bond acceptors (Lipinski definition) is 4. The molecule has 0 aliphatic heterocycles. The number of carbonyl (C=O) groups excluding carboxylic acids is 2. The molecule has 0 aliphatic carbocycles. The van der Waals surface area contributed by atoms with Crippen molar-refractivity contribution < 1.29 is 14.3 Å². The lowest BCUT2D eigenvalue weighted by Crippen LogP contribution is -2.13. The number of methoxy groups -OCH3 is 1. The van der Waals surface area contributed by atoms with E-state index in [1.54, 1.807) is 30.0 Å². The molecule has 120 valence electrons. The molecule has 0 unspecified atom stereocenters. The van der Waals surface area contributed by atoms with Gasteiger partial charge in [0, 0.05) is 10.6 Å². The van der Waals surface area contributed by atoms with Crippen molar-refractivity contribution in [3.05, 3.63) is 58.6 Å². The van der Waals surface area contributed by atoms with Gasteiger partial charge < -0.3 is 10.1 Å². The van der Waals surface area contributed by atoms with Gasteiger partial charge >= 0.3 is 5.97 Å². The highest BCUT2D eigenvalue weighted by Gasteiger charge is 2.15. The Labute approximate surface area is 144 Å². The van der Waals surface area contributed by atoms with E-state index >= 15 is 0 Å². The van der Waals surface area contributed by atoms with E-state index in [-0.39, 0.29) is 16.5 Å². The summed E-state index contributed by atoms with van der Waals surface area (Å²) in [6.45, 7) is 2.03. The molecule has 0 bridgehead atoms. The molecule has 4 nitrogen and oxygen atoms in total. The molecule has 0 fully saturated rings. The Balaban J connectivity index is 2.26. The third-order valence-electron chi connectivity index (χ3n) is 3.06. The highest BCUT2D eigenvalue weighted by molar-refractivity contribution is 7.99. The Kier molecular flexibility index (Phi) is 6.07. The van der Waals surface area contributed by atoms with Crippen LogP contribution in [-0.2, 0) is 4.74 Å². The van der Waals surface area contributed by atoms with E-state index in [4.69, 9.17) is 11.6 Å². The Bertz CT molecular complexity index is 734. The third-order valence-corrected chi connectivity index (χ3v) is 4.35. The van der Waals surface area contributed by atoms with Crippen LogP contribution in [0.2, 0.25) is 5.02 Å². The maximum atomic E-state index is 12.5. The molecule has 2 aromatic carbocycles. The van der Waals surface area contributed by atoms with Gasteiger partial charge in [-0.05, 0) is 36.1 Å². The Morgan fingerprint density at radius 2 is 1.91 bits per heavy atom. The summed E-state index contributed by atoms with van der Waals surface area (Å²) in [6, 6.07) is 12.1. The summed E-state index contributed by atoms with van der Waals surface area (Å²) in [5.41, 5.74) is 1.29. The first-order chi connectivity index (χ1) is 11.1. The van der Waals surface area contributed by atoms with Gasteiger partial charge in [0.15, 0.2) is 0 Å². The van der Waals surface area contributed by atoms with Gasteiger partial charge in [-0.3, -0.25) is 4.79 Å². The van der Waals surface area contributed by atoms with Crippen LogP contribution in [0.25, 0.3) is 0 Å². The molecular weight excluding hydrogens is 334 g/mol. The molecule has 0 saturated heterocycles. The molecule has 1 N–H and O–H groups in total. The molecule has 0 spiro atoms. The Hall–Kier alpha value is -1.98. The van der Waals surface area contributed by atoms with Crippen molar-refractivity contribution >= 4 is 40.9 Å². The van der Waals surface area contributed by atoms with Crippen LogP contribution in [0.4, 0.5) is 5.69 Å². The number of hydrogen-bond donors (Lipinski definition) is 1. The number of benzene rings is 2. The van der Waals surface area contributed by atoms with Gasteiger partial charge in [0.05, 0.1) is 23.3 Å². The van der Waals surface area contributed by atoms with Crippen LogP contribution in [0.1, 0.15) is 27.6 Å². The van der Waals surface area contributed by atoms with E-state index in [0.717, 1.165) is 10.6 Å². The highest BCUT2D eigenvalue weighted by atomic mass is 35.5. The van der Waals surface area contributed by atoms with E-state index in [2.05, 4.69) is 10.1 Å². The molecule has 0 atom stereocenters. The number of nitrogens with one attached hydrogen (secondary N) is 1. The molecule has 2 rings (SSSR count). The van der Waals surface area contributed by atoms with E-state index in [1.807, 2.05) is 25.1 Å². The summed E-state index contributed by atoms with van der Waals surface area (Å²) in [6.07, 6.45) is 0. The normalized spacial score (nSPS) is 10.2. The molecule has 0 aromatic heterocycles. The van der Waals surface area contributed by atoms with Crippen molar-refractivity contribution in [2.24, 2.45) is 0 Å². The van der Waals surface area contributed by atoms with Crippen LogP contribution >= 0.6 is 23.4 Å². The second-order valence-electron chi connectivity index (χ2n) is 4.57. The van der Waals surface area contributed by atoms with Crippen molar-refractivity contribution in [1.82, 2.24) is 0 Å². The highest BCUT2D eigenvalue weighted by Crippen LogP contribution is 2.25. The minimum atomic E-state index is -0.548. The Morgan fingerprint density at radius 1 is 1.17 bits per heavy atom. The molecule has 0 heterocycles. The summed E-state index contributed by atoms with van der Waals surface area (Å²) in [5.74, 6) is 0.0882. The minimum Gasteiger partial charge on any atom is -0.465 e.